The lowest BCUT2D eigenvalue weighted by Crippen LogP contribution is -2.30. The van der Waals surface area contributed by atoms with Gasteiger partial charge in [0.15, 0.2) is 5.13 Å². The molecule has 1 heterocycles. The molecule has 1 amide bonds. The van der Waals surface area contributed by atoms with Gasteiger partial charge in [-0.25, -0.2) is 4.98 Å². The summed E-state index contributed by atoms with van der Waals surface area (Å²) >= 11 is 6.67. The molecule has 0 fully saturated rings. The first-order chi connectivity index (χ1) is 13.6. The monoisotopic (exact) mass is 468 g/mol. The van der Waals surface area contributed by atoms with Gasteiger partial charge in [0.25, 0.3) is 5.91 Å². The standard InChI is InChI=1S/C22H17BrN2OS2/c1-27-18-9-5-8-16(12-18)21(26)25(14-15-6-3-2-4-7-15)22-24-19-11-10-17(23)13-20(19)28-22/h2-13H,14H2,1H3. The second-order valence-electron chi connectivity index (χ2n) is 6.22. The number of rotatable bonds is 5. The Kier molecular flexibility index (Phi) is 5.80. The molecule has 0 radical (unpaired) electrons. The van der Waals surface area contributed by atoms with Crippen LogP contribution in [-0.4, -0.2) is 17.1 Å². The Balaban J connectivity index is 1.77. The molecular weight excluding hydrogens is 452 g/mol. The molecule has 4 aromatic rings. The third-order valence-electron chi connectivity index (χ3n) is 4.32. The number of carbonyl (C=O) groups is 1. The van der Waals surface area contributed by atoms with Crippen LogP contribution in [0.1, 0.15) is 15.9 Å². The van der Waals surface area contributed by atoms with Gasteiger partial charge >= 0.3 is 0 Å². The fourth-order valence-electron chi connectivity index (χ4n) is 2.91. The molecular formula is C22H17BrN2OS2. The van der Waals surface area contributed by atoms with Crippen LogP contribution in [0.2, 0.25) is 0 Å². The quantitative estimate of drug-likeness (QED) is 0.308. The molecule has 0 aliphatic heterocycles. The van der Waals surface area contributed by atoms with E-state index < -0.39 is 0 Å². The number of nitrogens with zero attached hydrogens (tertiary/aromatic N) is 2. The maximum absolute atomic E-state index is 13.4. The molecule has 3 nitrogen and oxygen atoms in total. The highest BCUT2D eigenvalue weighted by Crippen LogP contribution is 2.32. The minimum atomic E-state index is -0.0436. The SMILES string of the molecule is CSc1cccc(C(=O)N(Cc2ccccc2)c2nc3ccc(Br)cc3s2)c1. The van der Waals surface area contributed by atoms with Crippen molar-refractivity contribution < 1.29 is 4.79 Å². The smallest absolute Gasteiger partial charge is 0.260 e. The van der Waals surface area contributed by atoms with E-state index in [0.717, 1.165) is 25.1 Å². The number of thioether (sulfide) groups is 1. The van der Waals surface area contributed by atoms with Crippen LogP contribution in [0.3, 0.4) is 0 Å². The lowest BCUT2D eigenvalue weighted by Gasteiger charge is -2.20. The summed E-state index contributed by atoms with van der Waals surface area (Å²) in [4.78, 5) is 21.0. The van der Waals surface area contributed by atoms with Crippen LogP contribution in [0.15, 0.2) is 82.2 Å². The molecule has 0 aliphatic carbocycles. The zero-order valence-electron chi connectivity index (χ0n) is 15.1. The Morgan fingerprint density at radius 1 is 1.07 bits per heavy atom. The summed E-state index contributed by atoms with van der Waals surface area (Å²) in [6.45, 7) is 0.476. The van der Waals surface area contributed by atoms with Crippen molar-refractivity contribution in [2.24, 2.45) is 0 Å². The van der Waals surface area contributed by atoms with E-state index in [4.69, 9.17) is 4.98 Å². The molecule has 6 heteroatoms. The van der Waals surface area contributed by atoms with Crippen molar-refractivity contribution in [3.05, 3.63) is 88.4 Å². The second-order valence-corrected chi connectivity index (χ2v) is 9.02. The summed E-state index contributed by atoms with van der Waals surface area (Å²) < 4.78 is 2.05. The molecule has 0 unspecified atom stereocenters. The van der Waals surface area contributed by atoms with Crippen molar-refractivity contribution in [2.45, 2.75) is 11.4 Å². The number of hydrogen-bond donors (Lipinski definition) is 0. The molecule has 140 valence electrons. The van der Waals surface area contributed by atoms with Gasteiger partial charge in [0.2, 0.25) is 0 Å². The fraction of sp³-hybridized carbons (Fsp3) is 0.0909. The van der Waals surface area contributed by atoms with Crippen LogP contribution < -0.4 is 4.90 Å². The van der Waals surface area contributed by atoms with Gasteiger partial charge in [0.1, 0.15) is 0 Å². The number of amides is 1. The number of thiazole rings is 1. The summed E-state index contributed by atoms with van der Waals surface area (Å²) in [6.07, 6.45) is 2.01. The lowest BCUT2D eigenvalue weighted by molar-refractivity contribution is 0.0985. The molecule has 0 bridgehead atoms. The van der Waals surface area contributed by atoms with Crippen molar-refractivity contribution in [3.63, 3.8) is 0 Å². The van der Waals surface area contributed by atoms with Gasteiger partial charge in [-0.2, -0.15) is 0 Å². The fourth-order valence-corrected chi connectivity index (χ4v) is 4.88. The zero-order chi connectivity index (χ0) is 19.5. The van der Waals surface area contributed by atoms with E-state index >= 15 is 0 Å². The summed E-state index contributed by atoms with van der Waals surface area (Å²) in [5.41, 5.74) is 2.63. The van der Waals surface area contributed by atoms with Crippen LogP contribution in [0.25, 0.3) is 10.2 Å². The largest absolute Gasteiger partial charge is 0.279 e. The van der Waals surface area contributed by atoms with E-state index in [1.54, 1.807) is 16.7 Å². The van der Waals surface area contributed by atoms with E-state index in [9.17, 15) is 4.79 Å². The van der Waals surface area contributed by atoms with Gasteiger partial charge in [-0.1, -0.05) is 63.7 Å². The van der Waals surface area contributed by atoms with Crippen molar-refractivity contribution in [1.29, 1.82) is 0 Å². The summed E-state index contributed by atoms with van der Waals surface area (Å²) in [5.74, 6) is -0.0436. The topological polar surface area (TPSA) is 33.2 Å². The molecule has 3 aromatic carbocycles. The van der Waals surface area contributed by atoms with E-state index in [0.29, 0.717) is 17.2 Å². The first kappa shape index (κ1) is 19.2. The maximum atomic E-state index is 13.4. The average Bonchev–Trinajstić information content (AvgIpc) is 3.15. The zero-order valence-corrected chi connectivity index (χ0v) is 18.4. The predicted octanol–water partition coefficient (Wildman–Crippen LogP) is 6.63. The Hall–Kier alpha value is -2.15. The highest BCUT2D eigenvalue weighted by Gasteiger charge is 2.22. The molecule has 0 spiro atoms. The highest BCUT2D eigenvalue weighted by molar-refractivity contribution is 9.10. The van der Waals surface area contributed by atoms with Gasteiger partial charge in [0, 0.05) is 14.9 Å². The number of hydrogen-bond acceptors (Lipinski definition) is 4. The number of fused-ring (bicyclic) bond motifs is 1. The van der Waals surface area contributed by atoms with Crippen molar-refractivity contribution in [2.75, 3.05) is 11.2 Å². The maximum Gasteiger partial charge on any atom is 0.260 e. The third-order valence-corrected chi connectivity index (χ3v) is 6.58. The number of aromatic nitrogens is 1. The van der Waals surface area contributed by atoms with E-state index in [1.165, 1.54) is 11.3 Å². The first-order valence-corrected chi connectivity index (χ1v) is 11.5. The van der Waals surface area contributed by atoms with Gasteiger partial charge in [0.05, 0.1) is 16.8 Å². The Labute approximate surface area is 180 Å². The summed E-state index contributed by atoms with van der Waals surface area (Å²) in [6, 6.07) is 23.7. The van der Waals surface area contributed by atoms with E-state index in [-0.39, 0.29) is 5.91 Å². The minimum Gasteiger partial charge on any atom is -0.279 e. The Morgan fingerprint density at radius 3 is 2.68 bits per heavy atom. The minimum absolute atomic E-state index is 0.0436. The Morgan fingerprint density at radius 2 is 1.89 bits per heavy atom. The molecule has 0 atom stereocenters. The molecule has 1 aromatic heterocycles. The van der Waals surface area contributed by atoms with Crippen molar-refractivity contribution in [3.8, 4) is 0 Å². The second kappa shape index (κ2) is 8.47. The van der Waals surface area contributed by atoms with Crippen molar-refractivity contribution in [1.82, 2.24) is 4.98 Å². The van der Waals surface area contributed by atoms with Crippen LogP contribution in [0, 0.1) is 0 Å². The van der Waals surface area contributed by atoms with E-state index in [2.05, 4.69) is 15.9 Å². The van der Waals surface area contributed by atoms with Crippen molar-refractivity contribution >= 4 is 60.3 Å². The molecule has 4 rings (SSSR count). The summed E-state index contributed by atoms with van der Waals surface area (Å²) in [5, 5.41) is 0.705. The van der Waals surface area contributed by atoms with Gasteiger partial charge in [-0.15, -0.1) is 11.8 Å². The number of benzene rings is 3. The molecule has 0 aliphatic rings. The molecule has 0 saturated heterocycles. The number of halogens is 1. The highest BCUT2D eigenvalue weighted by atomic mass is 79.9. The van der Waals surface area contributed by atoms with Crippen LogP contribution in [0.4, 0.5) is 5.13 Å². The van der Waals surface area contributed by atoms with Gasteiger partial charge < -0.3 is 0 Å². The molecule has 0 N–H and O–H groups in total. The molecule has 0 saturated carbocycles. The predicted molar refractivity (Wildman–Crippen MR) is 122 cm³/mol. The molecule has 28 heavy (non-hydrogen) atoms. The lowest BCUT2D eigenvalue weighted by atomic mass is 10.1. The Bertz CT molecular complexity index is 1130. The summed E-state index contributed by atoms with van der Waals surface area (Å²) in [7, 11) is 0. The third kappa shape index (κ3) is 4.14. The van der Waals surface area contributed by atoms with Gasteiger partial charge in [-0.3, -0.25) is 9.69 Å². The first-order valence-electron chi connectivity index (χ1n) is 8.70. The van der Waals surface area contributed by atoms with E-state index in [1.807, 2.05) is 79.1 Å². The van der Waals surface area contributed by atoms with Crippen LogP contribution >= 0.6 is 39.0 Å². The van der Waals surface area contributed by atoms with Crippen LogP contribution in [-0.2, 0) is 6.54 Å². The van der Waals surface area contributed by atoms with Gasteiger partial charge in [-0.05, 0) is 48.2 Å². The average molecular weight is 469 g/mol. The van der Waals surface area contributed by atoms with Crippen LogP contribution in [0.5, 0.6) is 0 Å². The normalized spacial score (nSPS) is 10.9. The number of carbonyl (C=O) groups excluding carboxylic acids is 1. The number of anilines is 1.